The summed E-state index contributed by atoms with van der Waals surface area (Å²) in [5.41, 5.74) is 10.2. The first-order chi connectivity index (χ1) is 6.88. The largest absolute Gasteiger partial charge is 0.480 e. The molecule has 0 fully saturated rings. The number of nitrogens with two attached hydrogens (primary N) is 2. The van der Waals surface area contributed by atoms with Crippen molar-refractivity contribution in [1.82, 2.24) is 5.32 Å². The average molecular weight is 217 g/mol. The van der Waals surface area contributed by atoms with E-state index in [0.717, 1.165) is 0 Å². The zero-order chi connectivity index (χ0) is 12.0. The van der Waals surface area contributed by atoms with Crippen LogP contribution >= 0.6 is 0 Å². The summed E-state index contributed by atoms with van der Waals surface area (Å²) in [5, 5.41) is 10.8. The van der Waals surface area contributed by atoms with Gasteiger partial charge in [-0.15, -0.1) is 0 Å². The van der Waals surface area contributed by atoms with Gasteiger partial charge in [-0.25, -0.2) is 4.79 Å². The lowest BCUT2D eigenvalue weighted by molar-refractivity contribution is -0.143. The van der Waals surface area contributed by atoms with Crippen molar-refractivity contribution in [1.29, 1.82) is 0 Å². The second kappa shape index (κ2) is 5.97. The zero-order valence-electron chi connectivity index (χ0n) is 8.40. The molecule has 0 aromatic heterocycles. The molecule has 0 aliphatic rings. The molecule has 0 heterocycles. The van der Waals surface area contributed by atoms with E-state index in [-0.39, 0.29) is 0 Å². The number of amides is 2. The van der Waals surface area contributed by atoms with Crippen LogP contribution in [0.1, 0.15) is 19.8 Å². The van der Waals surface area contributed by atoms with E-state index in [1.165, 1.54) is 0 Å². The highest BCUT2D eigenvalue weighted by Crippen LogP contribution is 1.94. The summed E-state index contributed by atoms with van der Waals surface area (Å²) in [7, 11) is 0. The van der Waals surface area contributed by atoms with Crippen LogP contribution in [0.3, 0.4) is 0 Å². The average Bonchev–Trinajstić information content (AvgIpc) is 2.14. The number of carboxylic acids is 1. The second-order valence-corrected chi connectivity index (χ2v) is 3.08. The highest BCUT2D eigenvalue weighted by atomic mass is 16.4. The van der Waals surface area contributed by atoms with E-state index in [1.807, 2.05) is 0 Å². The number of hydrogen-bond acceptors (Lipinski definition) is 4. The number of aliphatic carboxylic acids is 1. The molecule has 2 atom stereocenters. The third-order valence-electron chi connectivity index (χ3n) is 1.80. The molecule has 7 nitrogen and oxygen atoms in total. The van der Waals surface area contributed by atoms with E-state index in [9.17, 15) is 14.4 Å². The molecular formula is C8H15N3O4. The van der Waals surface area contributed by atoms with Crippen molar-refractivity contribution in [2.45, 2.75) is 31.8 Å². The fraction of sp³-hybridized carbons (Fsp3) is 0.625. The molecule has 6 N–H and O–H groups in total. The van der Waals surface area contributed by atoms with Gasteiger partial charge in [-0.2, -0.15) is 0 Å². The molecule has 15 heavy (non-hydrogen) atoms. The Kier molecular flexibility index (Phi) is 5.32. The number of nitrogens with one attached hydrogen (secondary N) is 1. The summed E-state index contributed by atoms with van der Waals surface area (Å²) >= 11 is 0. The van der Waals surface area contributed by atoms with Crippen LogP contribution in [0.25, 0.3) is 0 Å². The van der Waals surface area contributed by atoms with E-state index in [0.29, 0.717) is 6.42 Å². The molecule has 0 aromatic rings. The maximum atomic E-state index is 11.2. The Balaban J connectivity index is 4.35. The number of carbonyl (C=O) groups is 3. The van der Waals surface area contributed by atoms with Gasteiger partial charge in [-0.3, -0.25) is 9.59 Å². The molecule has 0 aliphatic heterocycles. The Bertz CT molecular complexity index is 267. The molecule has 0 spiro atoms. The van der Waals surface area contributed by atoms with Crippen molar-refractivity contribution in [2.24, 2.45) is 11.5 Å². The SMILES string of the molecule is CC[C@H](N)C(=O)N[C@@H](CC(N)=O)C(=O)O. The van der Waals surface area contributed by atoms with Gasteiger partial charge in [0.1, 0.15) is 6.04 Å². The van der Waals surface area contributed by atoms with E-state index < -0.39 is 36.3 Å². The van der Waals surface area contributed by atoms with Crippen LogP contribution in [-0.4, -0.2) is 35.0 Å². The van der Waals surface area contributed by atoms with E-state index >= 15 is 0 Å². The quantitative estimate of drug-likeness (QED) is 0.415. The number of hydrogen-bond donors (Lipinski definition) is 4. The Morgan fingerprint density at radius 2 is 1.93 bits per heavy atom. The number of primary amides is 1. The van der Waals surface area contributed by atoms with Crippen LogP contribution in [0.2, 0.25) is 0 Å². The maximum Gasteiger partial charge on any atom is 0.326 e. The minimum Gasteiger partial charge on any atom is -0.480 e. The molecule has 0 aliphatic carbocycles. The molecule has 86 valence electrons. The van der Waals surface area contributed by atoms with Crippen LogP contribution in [0.5, 0.6) is 0 Å². The monoisotopic (exact) mass is 217 g/mol. The molecular weight excluding hydrogens is 202 g/mol. The zero-order valence-corrected chi connectivity index (χ0v) is 8.40. The van der Waals surface area contributed by atoms with Crippen molar-refractivity contribution in [3.8, 4) is 0 Å². The number of rotatable bonds is 6. The van der Waals surface area contributed by atoms with E-state index in [4.69, 9.17) is 16.6 Å². The van der Waals surface area contributed by atoms with Crippen molar-refractivity contribution < 1.29 is 19.5 Å². The normalized spacial score (nSPS) is 14.0. The van der Waals surface area contributed by atoms with Crippen molar-refractivity contribution in [2.75, 3.05) is 0 Å². The highest BCUT2D eigenvalue weighted by molar-refractivity contribution is 5.89. The number of carboxylic acid groups (broad SMARTS) is 1. The standard InChI is InChI=1S/C8H15N3O4/c1-2-4(9)7(13)11-5(8(14)15)3-6(10)12/h4-5H,2-3,9H2,1H3,(H2,10,12)(H,11,13)(H,14,15)/t4-,5-/m0/s1. The van der Waals surface area contributed by atoms with Crippen molar-refractivity contribution in [3.63, 3.8) is 0 Å². The molecule has 0 saturated carbocycles. The van der Waals surface area contributed by atoms with Gasteiger partial charge >= 0.3 is 5.97 Å². The van der Waals surface area contributed by atoms with Crippen LogP contribution in [-0.2, 0) is 14.4 Å². The molecule has 0 rings (SSSR count). The van der Waals surface area contributed by atoms with Gasteiger partial charge in [-0.05, 0) is 6.42 Å². The van der Waals surface area contributed by atoms with E-state index in [1.54, 1.807) is 6.92 Å². The smallest absolute Gasteiger partial charge is 0.326 e. The Morgan fingerprint density at radius 3 is 2.27 bits per heavy atom. The van der Waals surface area contributed by atoms with Gasteiger partial charge in [0.05, 0.1) is 12.5 Å². The Hall–Kier alpha value is -1.63. The molecule has 0 unspecified atom stereocenters. The second-order valence-electron chi connectivity index (χ2n) is 3.08. The van der Waals surface area contributed by atoms with Gasteiger partial charge < -0.3 is 21.9 Å². The summed E-state index contributed by atoms with van der Waals surface area (Å²) in [6, 6.07) is -2.09. The molecule has 0 radical (unpaired) electrons. The molecule has 2 amide bonds. The molecule has 7 heteroatoms. The minimum absolute atomic E-state index is 0.384. The summed E-state index contributed by atoms with van der Waals surface area (Å²) in [6.07, 6.45) is -0.0632. The van der Waals surface area contributed by atoms with Gasteiger partial charge in [0, 0.05) is 0 Å². The fourth-order valence-electron chi connectivity index (χ4n) is 0.865. The predicted molar refractivity (Wildman–Crippen MR) is 51.6 cm³/mol. The van der Waals surface area contributed by atoms with Crippen LogP contribution in [0.15, 0.2) is 0 Å². The summed E-state index contributed by atoms with van der Waals surface area (Å²) in [4.78, 5) is 32.3. The van der Waals surface area contributed by atoms with Crippen molar-refractivity contribution >= 4 is 17.8 Å². The summed E-state index contributed by atoms with van der Waals surface area (Å²) in [5.74, 6) is -2.72. The molecule has 0 saturated heterocycles. The Labute approximate surface area is 86.8 Å². The molecule has 0 bridgehead atoms. The highest BCUT2D eigenvalue weighted by Gasteiger charge is 2.23. The van der Waals surface area contributed by atoms with Gasteiger partial charge in [0.25, 0.3) is 0 Å². The Morgan fingerprint density at radius 1 is 1.40 bits per heavy atom. The molecule has 0 aromatic carbocycles. The first kappa shape index (κ1) is 13.4. The fourth-order valence-corrected chi connectivity index (χ4v) is 0.865. The lowest BCUT2D eigenvalue weighted by atomic mass is 10.1. The van der Waals surface area contributed by atoms with Gasteiger partial charge in [0.2, 0.25) is 11.8 Å². The van der Waals surface area contributed by atoms with Gasteiger partial charge in [-0.1, -0.05) is 6.92 Å². The first-order valence-corrected chi connectivity index (χ1v) is 4.45. The lowest BCUT2D eigenvalue weighted by Crippen LogP contribution is -2.49. The number of carbonyl (C=O) groups excluding carboxylic acids is 2. The predicted octanol–water partition coefficient (Wildman–Crippen LogP) is -1.83. The van der Waals surface area contributed by atoms with Crippen LogP contribution in [0, 0.1) is 0 Å². The third-order valence-corrected chi connectivity index (χ3v) is 1.80. The third kappa shape index (κ3) is 4.96. The summed E-state index contributed by atoms with van der Waals surface area (Å²) in [6.45, 7) is 1.69. The topological polar surface area (TPSA) is 136 Å². The van der Waals surface area contributed by atoms with Crippen LogP contribution < -0.4 is 16.8 Å². The maximum absolute atomic E-state index is 11.2. The minimum atomic E-state index is -1.31. The lowest BCUT2D eigenvalue weighted by Gasteiger charge is -2.15. The van der Waals surface area contributed by atoms with E-state index in [2.05, 4.69) is 5.32 Å². The first-order valence-electron chi connectivity index (χ1n) is 4.45. The van der Waals surface area contributed by atoms with Crippen molar-refractivity contribution in [3.05, 3.63) is 0 Å². The summed E-state index contributed by atoms with van der Waals surface area (Å²) < 4.78 is 0. The van der Waals surface area contributed by atoms with Crippen LogP contribution in [0.4, 0.5) is 0 Å². The van der Waals surface area contributed by atoms with Gasteiger partial charge in [0.15, 0.2) is 0 Å².